The van der Waals surface area contributed by atoms with Crippen LogP contribution in [0.3, 0.4) is 0 Å². The van der Waals surface area contributed by atoms with Crippen molar-refractivity contribution in [2.24, 2.45) is 5.92 Å². The van der Waals surface area contributed by atoms with Crippen LogP contribution in [0.4, 0.5) is 5.82 Å². The number of carbonyl (C=O) groups is 1. The Bertz CT molecular complexity index is 734. The maximum absolute atomic E-state index is 12.3. The van der Waals surface area contributed by atoms with Crippen molar-refractivity contribution in [3.8, 4) is 0 Å². The lowest BCUT2D eigenvalue weighted by atomic mass is 9.95. The largest absolute Gasteiger partial charge is 0.356 e. The van der Waals surface area contributed by atoms with Gasteiger partial charge in [-0.15, -0.1) is 11.3 Å². The average molecular weight is 361 g/mol. The number of hydrogen-bond donors (Lipinski definition) is 1. The summed E-state index contributed by atoms with van der Waals surface area (Å²) in [6, 6.07) is 0. The van der Waals surface area contributed by atoms with Crippen LogP contribution in [-0.2, 0) is 4.79 Å². The molecule has 0 saturated carbocycles. The van der Waals surface area contributed by atoms with E-state index in [9.17, 15) is 4.79 Å². The van der Waals surface area contributed by atoms with Gasteiger partial charge in [-0.25, -0.2) is 9.97 Å². The van der Waals surface area contributed by atoms with E-state index >= 15 is 0 Å². The van der Waals surface area contributed by atoms with Crippen molar-refractivity contribution in [3.05, 3.63) is 16.8 Å². The van der Waals surface area contributed by atoms with Crippen LogP contribution in [0.25, 0.3) is 10.2 Å². The van der Waals surface area contributed by atoms with Gasteiger partial charge in [-0.3, -0.25) is 4.79 Å². The van der Waals surface area contributed by atoms with E-state index in [1.807, 2.05) is 0 Å². The molecule has 5 nitrogen and oxygen atoms in total. The molecular formula is C19H28N4OS. The maximum atomic E-state index is 12.3. The molecule has 1 N–H and O–H groups in total. The molecule has 2 aromatic rings. The molecule has 0 bridgehead atoms. The zero-order valence-corrected chi connectivity index (χ0v) is 16.3. The summed E-state index contributed by atoms with van der Waals surface area (Å²) in [5.41, 5.74) is 1.28. The quantitative estimate of drug-likeness (QED) is 0.796. The van der Waals surface area contributed by atoms with Gasteiger partial charge >= 0.3 is 0 Å². The highest BCUT2D eigenvalue weighted by Crippen LogP contribution is 2.35. The van der Waals surface area contributed by atoms with Crippen molar-refractivity contribution in [1.82, 2.24) is 15.3 Å². The molecule has 3 rings (SSSR count). The van der Waals surface area contributed by atoms with Crippen LogP contribution in [0.5, 0.6) is 0 Å². The van der Waals surface area contributed by atoms with E-state index < -0.39 is 0 Å². The second-order valence-electron chi connectivity index (χ2n) is 6.92. The van der Waals surface area contributed by atoms with E-state index in [4.69, 9.17) is 0 Å². The number of nitrogens with zero attached hydrogens (tertiary/aromatic N) is 3. The highest BCUT2D eigenvalue weighted by molar-refractivity contribution is 7.18. The fourth-order valence-corrected chi connectivity index (χ4v) is 4.48. The lowest BCUT2D eigenvalue weighted by Gasteiger charge is -2.32. The Morgan fingerprint density at radius 1 is 1.28 bits per heavy atom. The van der Waals surface area contributed by atoms with Crippen molar-refractivity contribution in [2.75, 3.05) is 24.5 Å². The number of piperidine rings is 1. The van der Waals surface area contributed by atoms with Crippen LogP contribution >= 0.6 is 11.3 Å². The Morgan fingerprint density at radius 3 is 2.76 bits per heavy atom. The second kappa shape index (κ2) is 8.13. The maximum Gasteiger partial charge on any atom is 0.223 e. The zero-order chi connectivity index (χ0) is 17.8. The van der Waals surface area contributed by atoms with Crippen molar-refractivity contribution in [2.45, 2.75) is 52.9 Å². The first-order valence-electron chi connectivity index (χ1n) is 9.35. The first-order chi connectivity index (χ1) is 12.1. The summed E-state index contributed by atoms with van der Waals surface area (Å²) < 4.78 is 0. The van der Waals surface area contributed by atoms with E-state index in [-0.39, 0.29) is 11.8 Å². The number of amides is 1. The van der Waals surface area contributed by atoms with Crippen LogP contribution < -0.4 is 10.2 Å². The third-order valence-electron chi connectivity index (χ3n) is 5.19. The lowest BCUT2D eigenvalue weighted by Crippen LogP contribution is -2.41. The summed E-state index contributed by atoms with van der Waals surface area (Å²) in [6.07, 6.45) is 6.90. The van der Waals surface area contributed by atoms with E-state index in [0.717, 1.165) is 49.5 Å². The Kier molecular flexibility index (Phi) is 5.89. The van der Waals surface area contributed by atoms with E-state index in [2.05, 4.69) is 41.0 Å². The Morgan fingerprint density at radius 2 is 2.04 bits per heavy atom. The number of fused-ring (bicyclic) bond motifs is 1. The van der Waals surface area contributed by atoms with Crippen LogP contribution in [-0.4, -0.2) is 35.5 Å². The zero-order valence-electron chi connectivity index (χ0n) is 15.5. The Labute approximate surface area is 153 Å². The molecule has 25 heavy (non-hydrogen) atoms. The van der Waals surface area contributed by atoms with Gasteiger partial charge in [-0.1, -0.05) is 19.8 Å². The number of aromatic nitrogens is 2. The van der Waals surface area contributed by atoms with Gasteiger partial charge in [0.2, 0.25) is 5.91 Å². The summed E-state index contributed by atoms with van der Waals surface area (Å²) in [5, 5.41) is 4.29. The SMILES string of the molecule is CCCCCNC(=O)C1CCN(c2ncnc3sc(C)c(C)c23)CC1. The summed E-state index contributed by atoms with van der Waals surface area (Å²) in [7, 11) is 0. The summed E-state index contributed by atoms with van der Waals surface area (Å²) in [5.74, 6) is 1.40. The van der Waals surface area contributed by atoms with Crippen molar-refractivity contribution in [1.29, 1.82) is 0 Å². The number of rotatable bonds is 6. The number of carbonyl (C=O) groups excluding carboxylic acids is 1. The van der Waals surface area contributed by atoms with Crippen LogP contribution in [0.2, 0.25) is 0 Å². The van der Waals surface area contributed by atoms with Gasteiger partial charge in [-0.2, -0.15) is 0 Å². The summed E-state index contributed by atoms with van der Waals surface area (Å²) in [6.45, 7) is 9.05. The van der Waals surface area contributed by atoms with E-state index in [1.165, 1.54) is 28.7 Å². The van der Waals surface area contributed by atoms with Crippen LogP contribution in [0, 0.1) is 19.8 Å². The normalized spacial score (nSPS) is 15.7. The number of thiophene rings is 1. The number of hydrogen-bond acceptors (Lipinski definition) is 5. The minimum Gasteiger partial charge on any atom is -0.356 e. The van der Waals surface area contributed by atoms with Gasteiger partial charge in [0, 0.05) is 30.4 Å². The van der Waals surface area contributed by atoms with Crippen LogP contribution in [0.1, 0.15) is 49.5 Å². The molecule has 0 unspecified atom stereocenters. The molecule has 1 amide bonds. The molecular weight excluding hydrogens is 332 g/mol. The predicted octanol–water partition coefficient (Wildman–Crippen LogP) is 3.83. The molecule has 1 aliphatic rings. The number of anilines is 1. The first kappa shape index (κ1) is 18.1. The first-order valence-corrected chi connectivity index (χ1v) is 10.2. The molecule has 136 valence electrons. The molecule has 0 aromatic carbocycles. The topological polar surface area (TPSA) is 58.1 Å². The van der Waals surface area contributed by atoms with Crippen molar-refractivity contribution < 1.29 is 4.79 Å². The average Bonchev–Trinajstić information content (AvgIpc) is 2.93. The van der Waals surface area contributed by atoms with Crippen molar-refractivity contribution >= 4 is 33.3 Å². The van der Waals surface area contributed by atoms with Gasteiger partial charge in [0.1, 0.15) is 17.0 Å². The molecule has 0 radical (unpaired) electrons. The lowest BCUT2D eigenvalue weighted by molar-refractivity contribution is -0.125. The van der Waals surface area contributed by atoms with Gasteiger partial charge in [0.25, 0.3) is 0 Å². The monoisotopic (exact) mass is 360 g/mol. The highest BCUT2D eigenvalue weighted by atomic mass is 32.1. The third-order valence-corrected chi connectivity index (χ3v) is 6.31. The number of aryl methyl sites for hydroxylation is 2. The molecule has 0 atom stereocenters. The minimum absolute atomic E-state index is 0.139. The van der Waals surface area contributed by atoms with Crippen molar-refractivity contribution in [3.63, 3.8) is 0 Å². The number of nitrogens with one attached hydrogen (secondary N) is 1. The molecule has 2 aromatic heterocycles. The molecule has 1 saturated heterocycles. The summed E-state index contributed by atoms with van der Waals surface area (Å²) >= 11 is 1.73. The molecule has 3 heterocycles. The molecule has 1 fully saturated rings. The van der Waals surface area contributed by atoms with E-state index in [0.29, 0.717) is 0 Å². The van der Waals surface area contributed by atoms with Gasteiger partial charge < -0.3 is 10.2 Å². The molecule has 0 spiro atoms. The summed E-state index contributed by atoms with van der Waals surface area (Å²) in [4.78, 5) is 26.0. The van der Waals surface area contributed by atoms with Gasteiger partial charge in [0.15, 0.2) is 0 Å². The molecule has 6 heteroatoms. The molecule has 0 aliphatic carbocycles. The van der Waals surface area contributed by atoms with Crippen LogP contribution in [0.15, 0.2) is 6.33 Å². The van der Waals surface area contributed by atoms with Gasteiger partial charge in [-0.05, 0) is 38.7 Å². The Hall–Kier alpha value is -1.69. The standard InChI is InChI=1S/C19H28N4OS/c1-4-5-6-9-20-18(24)15-7-10-23(11-8-15)17-16-13(2)14(3)25-19(16)22-12-21-17/h12,15H,4-11H2,1-3H3,(H,20,24). The highest BCUT2D eigenvalue weighted by Gasteiger charge is 2.27. The third kappa shape index (κ3) is 3.94. The van der Waals surface area contributed by atoms with Gasteiger partial charge in [0.05, 0.1) is 5.39 Å². The Balaban J connectivity index is 1.62. The fraction of sp³-hybridized carbons (Fsp3) is 0.632. The molecule has 1 aliphatic heterocycles. The minimum atomic E-state index is 0.139. The van der Waals surface area contributed by atoms with E-state index in [1.54, 1.807) is 17.7 Å². The predicted molar refractivity (Wildman–Crippen MR) is 104 cm³/mol. The number of unbranched alkanes of at least 4 members (excludes halogenated alkanes) is 2. The second-order valence-corrected chi connectivity index (χ2v) is 8.12. The fourth-order valence-electron chi connectivity index (χ4n) is 3.49. The smallest absolute Gasteiger partial charge is 0.223 e.